The molecule has 0 aliphatic carbocycles. The van der Waals surface area contributed by atoms with Gasteiger partial charge in [0.2, 0.25) is 5.91 Å². The number of carbonyl (C=O) groups is 1. The number of aromatic nitrogens is 3. The number of amides is 1. The monoisotopic (exact) mass is 360 g/mol. The molecule has 0 bridgehead atoms. The molecular weight excluding hydrogens is 344 g/mol. The number of benzene rings is 1. The zero-order valence-electron chi connectivity index (χ0n) is 13.2. The third-order valence-electron chi connectivity index (χ3n) is 3.49. The van der Waals surface area contributed by atoms with Gasteiger partial charge in [-0.2, -0.15) is 5.10 Å². The predicted octanol–water partition coefficient (Wildman–Crippen LogP) is 3.10. The highest BCUT2D eigenvalue weighted by molar-refractivity contribution is 7.13. The standard InChI is InChI=1S/C17H17ClN4OS/c1-22-10-12(9-20-22)6-7-19-16(23)8-13-11-24-17(21-13)14-4-2-3-5-15(14)18/h2-5,9-11H,6-8H2,1H3,(H,19,23). The summed E-state index contributed by atoms with van der Waals surface area (Å²) >= 11 is 7.68. The molecule has 3 rings (SSSR count). The van der Waals surface area contributed by atoms with Crippen molar-refractivity contribution in [2.45, 2.75) is 12.8 Å². The first-order valence-corrected chi connectivity index (χ1v) is 8.81. The second kappa shape index (κ2) is 7.59. The Morgan fingerprint density at radius 3 is 2.96 bits per heavy atom. The summed E-state index contributed by atoms with van der Waals surface area (Å²) in [5, 5.41) is 10.4. The number of nitrogens with one attached hydrogen (secondary N) is 1. The fourth-order valence-corrected chi connectivity index (χ4v) is 3.46. The molecule has 5 nitrogen and oxygen atoms in total. The molecule has 3 aromatic rings. The Morgan fingerprint density at radius 2 is 2.21 bits per heavy atom. The lowest BCUT2D eigenvalue weighted by atomic mass is 10.2. The molecule has 1 N–H and O–H groups in total. The molecule has 7 heteroatoms. The normalized spacial score (nSPS) is 10.8. The highest BCUT2D eigenvalue weighted by atomic mass is 35.5. The first-order valence-electron chi connectivity index (χ1n) is 7.55. The molecule has 0 fully saturated rings. The van der Waals surface area contributed by atoms with Crippen LogP contribution in [0.5, 0.6) is 0 Å². The maximum atomic E-state index is 12.0. The number of rotatable bonds is 6. The van der Waals surface area contributed by atoms with E-state index >= 15 is 0 Å². The van der Waals surface area contributed by atoms with Gasteiger partial charge >= 0.3 is 0 Å². The molecule has 0 aliphatic rings. The van der Waals surface area contributed by atoms with E-state index in [1.54, 1.807) is 4.68 Å². The Labute approximate surface area is 149 Å². The van der Waals surface area contributed by atoms with Crippen LogP contribution in [0.25, 0.3) is 10.6 Å². The second-order valence-electron chi connectivity index (χ2n) is 5.42. The second-order valence-corrected chi connectivity index (χ2v) is 6.69. The van der Waals surface area contributed by atoms with E-state index in [-0.39, 0.29) is 12.3 Å². The van der Waals surface area contributed by atoms with E-state index in [2.05, 4.69) is 15.4 Å². The first-order chi connectivity index (χ1) is 11.6. The van der Waals surface area contributed by atoms with Gasteiger partial charge in [0.25, 0.3) is 0 Å². The fourth-order valence-electron chi connectivity index (χ4n) is 2.32. The van der Waals surface area contributed by atoms with E-state index in [0.29, 0.717) is 11.6 Å². The van der Waals surface area contributed by atoms with Gasteiger partial charge in [-0.05, 0) is 18.1 Å². The smallest absolute Gasteiger partial charge is 0.226 e. The van der Waals surface area contributed by atoms with Crippen LogP contribution < -0.4 is 5.32 Å². The van der Waals surface area contributed by atoms with Crippen LogP contribution in [0, 0.1) is 0 Å². The van der Waals surface area contributed by atoms with Gasteiger partial charge in [0.05, 0.1) is 23.3 Å². The molecule has 1 amide bonds. The number of aryl methyl sites for hydroxylation is 1. The molecule has 0 unspecified atom stereocenters. The van der Waals surface area contributed by atoms with Crippen molar-refractivity contribution < 1.29 is 4.79 Å². The molecule has 2 heterocycles. The molecule has 0 atom stereocenters. The van der Waals surface area contributed by atoms with Crippen molar-refractivity contribution in [3.63, 3.8) is 0 Å². The summed E-state index contributed by atoms with van der Waals surface area (Å²) in [6.07, 6.45) is 4.79. The SMILES string of the molecule is Cn1cc(CCNC(=O)Cc2csc(-c3ccccc3Cl)n2)cn1. The maximum absolute atomic E-state index is 12.0. The van der Waals surface area contributed by atoms with Gasteiger partial charge in [-0.1, -0.05) is 29.8 Å². The average molecular weight is 361 g/mol. The summed E-state index contributed by atoms with van der Waals surface area (Å²) in [6, 6.07) is 7.57. The van der Waals surface area contributed by atoms with Gasteiger partial charge in [0.1, 0.15) is 5.01 Å². The van der Waals surface area contributed by atoms with Crippen molar-refractivity contribution in [2.75, 3.05) is 6.54 Å². The van der Waals surface area contributed by atoms with Crippen molar-refractivity contribution in [1.29, 1.82) is 0 Å². The fraction of sp³-hybridized carbons (Fsp3) is 0.235. The molecule has 0 saturated heterocycles. The number of hydrogen-bond acceptors (Lipinski definition) is 4. The van der Waals surface area contributed by atoms with Crippen LogP contribution in [0.2, 0.25) is 5.02 Å². The Hall–Kier alpha value is -2.18. The zero-order valence-corrected chi connectivity index (χ0v) is 14.8. The molecule has 0 radical (unpaired) electrons. The van der Waals surface area contributed by atoms with Gasteiger partial charge in [0.15, 0.2) is 0 Å². The Bertz CT molecular complexity index is 842. The Balaban J connectivity index is 1.53. The minimum atomic E-state index is -0.0325. The minimum Gasteiger partial charge on any atom is -0.355 e. The van der Waals surface area contributed by atoms with Gasteiger partial charge in [0, 0.05) is 30.7 Å². The van der Waals surface area contributed by atoms with E-state index in [1.165, 1.54) is 11.3 Å². The average Bonchev–Trinajstić information content (AvgIpc) is 3.17. The van der Waals surface area contributed by atoms with Crippen LogP contribution in [-0.2, 0) is 24.7 Å². The van der Waals surface area contributed by atoms with Crippen molar-refractivity contribution >= 4 is 28.8 Å². The van der Waals surface area contributed by atoms with Crippen LogP contribution >= 0.6 is 22.9 Å². The van der Waals surface area contributed by atoms with E-state index < -0.39 is 0 Å². The van der Waals surface area contributed by atoms with E-state index in [1.807, 2.05) is 49.1 Å². The highest BCUT2D eigenvalue weighted by Crippen LogP contribution is 2.30. The van der Waals surface area contributed by atoms with E-state index in [9.17, 15) is 4.79 Å². The minimum absolute atomic E-state index is 0.0325. The molecule has 1 aromatic carbocycles. The third-order valence-corrected chi connectivity index (χ3v) is 4.75. The Morgan fingerprint density at radius 1 is 1.38 bits per heavy atom. The molecule has 24 heavy (non-hydrogen) atoms. The third kappa shape index (κ3) is 4.21. The largest absolute Gasteiger partial charge is 0.355 e. The molecule has 124 valence electrons. The summed E-state index contributed by atoms with van der Waals surface area (Å²) in [5.41, 5.74) is 2.76. The van der Waals surface area contributed by atoms with Crippen molar-refractivity contribution in [2.24, 2.45) is 7.05 Å². The lowest BCUT2D eigenvalue weighted by Gasteiger charge is -2.02. The molecule has 2 aromatic heterocycles. The number of nitrogens with zero attached hydrogens (tertiary/aromatic N) is 3. The predicted molar refractivity (Wildman–Crippen MR) is 96.2 cm³/mol. The van der Waals surface area contributed by atoms with Crippen molar-refractivity contribution in [1.82, 2.24) is 20.1 Å². The van der Waals surface area contributed by atoms with Crippen molar-refractivity contribution in [3.05, 3.63) is 58.3 Å². The van der Waals surface area contributed by atoms with Gasteiger partial charge in [-0.15, -0.1) is 11.3 Å². The van der Waals surface area contributed by atoms with E-state index in [4.69, 9.17) is 11.6 Å². The topological polar surface area (TPSA) is 59.8 Å². The van der Waals surface area contributed by atoms with Gasteiger partial charge in [-0.3, -0.25) is 9.48 Å². The summed E-state index contributed by atoms with van der Waals surface area (Å²) in [5.74, 6) is -0.0325. The number of hydrogen-bond donors (Lipinski definition) is 1. The molecule has 0 saturated carbocycles. The summed E-state index contributed by atoms with van der Waals surface area (Å²) in [6.45, 7) is 0.589. The van der Waals surface area contributed by atoms with Crippen LogP contribution in [0.4, 0.5) is 0 Å². The summed E-state index contributed by atoms with van der Waals surface area (Å²) < 4.78 is 1.75. The Kier molecular flexibility index (Phi) is 5.27. The molecule has 0 aliphatic heterocycles. The van der Waals surface area contributed by atoms with Crippen LogP contribution in [-0.4, -0.2) is 27.2 Å². The van der Waals surface area contributed by atoms with Crippen LogP contribution in [0.15, 0.2) is 42.0 Å². The van der Waals surface area contributed by atoms with Gasteiger partial charge in [-0.25, -0.2) is 4.98 Å². The van der Waals surface area contributed by atoms with E-state index in [0.717, 1.165) is 28.2 Å². The lowest BCUT2D eigenvalue weighted by molar-refractivity contribution is -0.120. The highest BCUT2D eigenvalue weighted by Gasteiger charge is 2.11. The lowest BCUT2D eigenvalue weighted by Crippen LogP contribution is -2.27. The summed E-state index contributed by atoms with van der Waals surface area (Å²) in [7, 11) is 1.88. The summed E-state index contributed by atoms with van der Waals surface area (Å²) in [4.78, 5) is 16.5. The zero-order chi connectivity index (χ0) is 16.9. The molecule has 0 spiro atoms. The number of halogens is 1. The van der Waals surface area contributed by atoms with Crippen LogP contribution in [0.3, 0.4) is 0 Å². The maximum Gasteiger partial charge on any atom is 0.226 e. The molecular formula is C17H17ClN4OS. The van der Waals surface area contributed by atoms with Crippen LogP contribution in [0.1, 0.15) is 11.3 Å². The number of thiazole rings is 1. The van der Waals surface area contributed by atoms with Gasteiger partial charge < -0.3 is 5.32 Å². The number of carbonyl (C=O) groups excluding carboxylic acids is 1. The first kappa shape index (κ1) is 16.7. The quantitative estimate of drug-likeness (QED) is 0.734. The van der Waals surface area contributed by atoms with Crippen molar-refractivity contribution in [3.8, 4) is 10.6 Å².